The van der Waals surface area contributed by atoms with Crippen molar-refractivity contribution in [1.82, 2.24) is 0 Å². The van der Waals surface area contributed by atoms with Crippen molar-refractivity contribution in [3.8, 4) is 0 Å². The summed E-state index contributed by atoms with van der Waals surface area (Å²) in [5, 5.41) is 8.68. The Balaban J connectivity index is 1.09. The molecule has 4 fully saturated rings. The van der Waals surface area contributed by atoms with Gasteiger partial charge in [0.1, 0.15) is 30.2 Å². The molecule has 0 radical (unpaired) electrons. The number of carbonyl (C=O) groups excluding carboxylic acids is 5. The highest BCUT2D eigenvalue weighted by molar-refractivity contribution is 5.76. The van der Waals surface area contributed by atoms with E-state index in [9.17, 15) is 28.8 Å². The van der Waals surface area contributed by atoms with E-state index in [0.717, 1.165) is 0 Å². The number of Topliss-reactive ketones (excluding diaryl/α,β-unsaturated/α-hetero) is 1. The van der Waals surface area contributed by atoms with Gasteiger partial charge in [0.05, 0.1) is 26.4 Å². The summed E-state index contributed by atoms with van der Waals surface area (Å²) in [6.07, 6.45) is -4.07. The molecule has 8 atom stereocenters. The van der Waals surface area contributed by atoms with Crippen molar-refractivity contribution in [1.29, 1.82) is 0 Å². The number of ketones is 1. The van der Waals surface area contributed by atoms with E-state index in [2.05, 4.69) is 0 Å². The van der Waals surface area contributed by atoms with E-state index < -0.39 is 78.7 Å². The van der Waals surface area contributed by atoms with Crippen molar-refractivity contribution in [3.05, 3.63) is 0 Å². The van der Waals surface area contributed by atoms with Crippen LogP contribution in [0.25, 0.3) is 0 Å². The van der Waals surface area contributed by atoms with Gasteiger partial charge >= 0.3 is 29.8 Å². The second-order valence-corrected chi connectivity index (χ2v) is 11.0. The van der Waals surface area contributed by atoms with E-state index in [0.29, 0.717) is 12.8 Å². The molecule has 4 saturated heterocycles. The largest absolute Gasteiger partial charge is 0.481 e. The zero-order chi connectivity index (χ0) is 30.9. The van der Waals surface area contributed by atoms with Crippen molar-refractivity contribution in [3.63, 3.8) is 0 Å². The van der Waals surface area contributed by atoms with E-state index in [-0.39, 0.29) is 77.2 Å². The number of ether oxygens (including phenoxy) is 8. The maximum Gasteiger partial charge on any atom is 0.306 e. The minimum absolute atomic E-state index is 0.00170. The number of carbonyl (C=O) groups is 6. The lowest BCUT2D eigenvalue weighted by atomic mass is 10.1. The maximum atomic E-state index is 12.4. The molecular weight excluding hydrogens is 576 g/mol. The van der Waals surface area contributed by atoms with Crippen molar-refractivity contribution in [2.75, 3.05) is 26.4 Å². The Labute approximate surface area is 247 Å². The van der Waals surface area contributed by atoms with Crippen molar-refractivity contribution < 1.29 is 71.8 Å². The fourth-order valence-electron chi connectivity index (χ4n) is 5.42. The number of esters is 4. The molecule has 0 aliphatic carbocycles. The van der Waals surface area contributed by atoms with E-state index in [1.807, 2.05) is 0 Å². The third-order valence-electron chi connectivity index (χ3n) is 7.50. The number of rotatable bonds is 16. The summed E-state index contributed by atoms with van der Waals surface area (Å²) in [6, 6.07) is 0. The highest BCUT2D eigenvalue weighted by Crippen LogP contribution is 2.32. The smallest absolute Gasteiger partial charge is 0.306 e. The molecule has 4 heterocycles. The van der Waals surface area contributed by atoms with Crippen LogP contribution in [0.2, 0.25) is 0 Å². The van der Waals surface area contributed by atoms with Crippen LogP contribution in [0.5, 0.6) is 0 Å². The first kappa shape index (κ1) is 32.8. The Morgan fingerprint density at radius 2 is 0.791 bits per heavy atom. The lowest BCUT2D eigenvalue weighted by Gasteiger charge is -2.18. The fraction of sp³-hybridized carbons (Fsp3) is 0.786. The molecule has 0 saturated carbocycles. The molecule has 4 aliphatic heterocycles. The van der Waals surface area contributed by atoms with Gasteiger partial charge in [0.25, 0.3) is 0 Å². The van der Waals surface area contributed by atoms with Crippen LogP contribution in [-0.2, 0) is 66.7 Å². The molecule has 0 unspecified atom stereocenters. The summed E-state index contributed by atoms with van der Waals surface area (Å²) >= 11 is 0. The molecule has 0 bridgehead atoms. The molecule has 0 aromatic carbocycles. The summed E-state index contributed by atoms with van der Waals surface area (Å²) in [5.74, 6) is -3.07. The SMILES string of the molecule is CC(=O)CCCC(=O)O[C@@H]1CO[C@H]2[C@@H]1OC[C@H]2OC(=O)CCCC(=O)O[C@@H]1CO[C@H]2[C@@H]1OC[C@H]2OC(=O)CCCC(=O)O. The van der Waals surface area contributed by atoms with Crippen LogP contribution < -0.4 is 0 Å². The molecule has 0 amide bonds. The average Bonchev–Trinajstić information content (AvgIpc) is 3.70. The highest BCUT2D eigenvalue weighted by Gasteiger charge is 2.52. The Morgan fingerprint density at radius 1 is 0.512 bits per heavy atom. The van der Waals surface area contributed by atoms with Crippen LogP contribution in [-0.4, -0.2) is 116 Å². The van der Waals surface area contributed by atoms with E-state index in [1.165, 1.54) is 6.92 Å². The van der Waals surface area contributed by atoms with Gasteiger partial charge in [0, 0.05) is 38.5 Å². The summed E-state index contributed by atoms with van der Waals surface area (Å²) in [5.41, 5.74) is 0. The van der Waals surface area contributed by atoms with Crippen LogP contribution in [0, 0.1) is 0 Å². The first-order chi connectivity index (χ1) is 20.6. The topological polar surface area (TPSA) is 196 Å². The van der Waals surface area contributed by atoms with Crippen molar-refractivity contribution in [2.24, 2.45) is 0 Å². The molecular formula is C28H38O15. The van der Waals surface area contributed by atoms with Gasteiger partial charge < -0.3 is 47.8 Å². The first-order valence-corrected chi connectivity index (χ1v) is 14.6. The third kappa shape index (κ3) is 9.42. The minimum atomic E-state index is -0.993. The summed E-state index contributed by atoms with van der Waals surface area (Å²) in [4.78, 5) is 70.5. The standard InChI is InChI=1S/C28H38O15/c1-15(29)5-2-7-21(32)40-16-11-36-27-18(13-38-25(16)27)42-23(34)9-4-10-24(35)43-19-14-39-26-17(12-37-28(19)26)41-22(33)8-3-6-20(30)31/h16-19,25-28H,2-14H2,1H3,(H,30,31)/t16-,17-,18-,19-,25-,26-,27-,28-/m1/s1. The number of fused-ring (bicyclic) bond motifs is 2. The van der Waals surface area contributed by atoms with Crippen LogP contribution in [0.15, 0.2) is 0 Å². The molecule has 15 heteroatoms. The number of carboxylic acids is 1. The van der Waals surface area contributed by atoms with Crippen LogP contribution in [0.1, 0.15) is 64.7 Å². The number of hydrogen-bond donors (Lipinski definition) is 1. The van der Waals surface area contributed by atoms with E-state index >= 15 is 0 Å². The minimum Gasteiger partial charge on any atom is -0.481 e. The number of carboxylic acid groups (broad SMARTS) is 1. The van der Waals surface area contributed by atoms with Gasteiger partial charge in [-0.15, -0.1) is 0 Å². The van der Waals surface area contributed by atoms with Gasteiger partial charge in [-0.3, -0.25) is 24.0 Å². The zero-order valence-corrected chi connectivity index (χ0v) is 24.0. The monoisotopic (exact) mass is 614 g/mol. The Morgan fingerprint density at radius 3 is 1.07 bits per heavy atom. The van der Waals surface area contributed by atoms with E-state index in [1.54, 1.807) is 0 Å². The van der Waals surface area contributed by atoms with Gasteiger partial charge in [0.2, 0.25) is 0 Å². The van der Waals surface area contributed by atoms with Gasteiger partial charge in [0.15, 0.2) is 24.4 Å². The zero-order valence-electron chi connectivity index (χ0n) is 24.0. The second-order valence-electron chi connectivity index (χ2n) is 11.0. The Bertz CT molecular complexity index is 963. The Hall–Kier alpha value is -3.14. The summed E-state index contributed by atoms with van der Waals surface area (Å²) in [6.45, 7) is 1.79. The van der Waals surface area contributed by atoms with Gasteiger partial charge in [-0.2, -0.15) is 0 Å². The van der Waals surface area contributed by atoms with Crippen LogP contribution >= 0.6 is 0 Å². The fourth-order valence-corrected chi connectivity index (χ4v) is 5.42. The first-order valence-electron chi connectivity index (χ1n) is 14.6. The van der Waals surface area contributed by atoms with E-state index in [4.69, 9.17) is 43.0 Å². The van der Waals surface area contributed by atoms with Crippen LogP contribution in [0.4, 0.5) is 0 Å². The maximum absolute atomic E-state index is 12.4. The predicted octanol–water partition coefficient (Wildman–Crippen LogP) is 0.413. The highest BCUT2D eigenvalue weighted by atomic mass is 16.7. The molecule has 15 nitrogen and oxygen atoms in total. The molecule has 240 valence electrons. The molecule has 0 spiro atoms. The average molecular weight is 615 g/mol. The number of hydrogen-bond acceptors (Lipinski definition) is 14. The second kappa shape index (κ2) is 15.5. The van der Waals surface area contributed by atoms with Gasteiger partial charge in [-0.1, -0.05) is 0 Å². The van der Waals surface area contributed by atoms with Crippen molar-refractivity contribution in [2.45, 2.75) is 114 Å². The van der Waals surface area contributed by atoms with Gasteiger partial charge in [-0.05, 0) is 26.2 Å². The molecule has 4 aliphatic rings. The molecule has 0 aromatic heterocycles. The molecule has 0 aromatic rings. The van der Waals surface area contributed by atoms with Crippen molar-refractivity contribution >= 4 is 35.6 Å². The summed E-state index contributed by atoms with van der Waals surface area (Å²) < 4.78 is 44.4. The predicted molar refractivity (Wildman–Crippen MR) is 138 cm³/mol. The van der Waals surface area contributed by atoms with Crippen LogP contribution in [0.3, 0.4) is 0 Å². The number of aliphatic carboxylic acids is 1. The molecule has 43 heavy (non-hydrogen) atoms. The quantitative estimate of drug-likeness (QED) is 0.185. The van der Waals surface area contributed by atoms with Gasteiger partial charge in [-0.25, -0.2) is 0 Å². The molecule has 4 rings (SSSR count). The lowest BCUT2D eigenvalue weighted by Crippen LogP contribution is -2.36. The Kier molecular flexibility index (Phi) is 11.8. The normalized spacial score (nSPS) is 30.7. The lowest BCUT2D eigenvalue weighted by molar-refractivity contribution is -0.156. The molecule has 1 N–H and O–H groups in total. The summed E-state index contributed by atoms with van der Waals surface area (Å²) in [7, 11) is 0. The third-order valence-corrected chi connectivity index (χ3v) is 7.50.